The molecule has 0 spiro atoms. The molecule has 104 valence electrons. The minimum Gasteiger partial charge on any atom is -0.388 e. The number of aryl methyl sites for hydroxylation is 1. The number of ether oxygens (including phenoxy) is 1. The molecule has 19 heavy (non-hydrogen) atoms. The molecule has 1 aromatic rings. The highest BCUT2D eigenvalue weighted by atomic mass is 16.5. The second-order valence-electron chi connectivity index (χ2n) is 5.85. The molecule has 3 nitrogen and oxygen atoms in total. The molecule has 0 aliphatic carbocycles. The second kappa shape index (κ2) is 5.14. The summed E-state index contributed by atoms with van der Waals surface area (Å²) < 4.78 is 5.70. The molecule has 0 bridgehead atoms. The van der Waals surface area contributed by atoms with Crippen LogP contribution in [0.2, 0.25) is 0 Å². The first-order valence-electron chi connectivity index (χ1n) is 7.40. The molecule has 2 aliphatic heterocycles. The summed E-state index contributed by atoms with van der Waals surface area (Å²) in [5.41, 5.74) is 1.93. The van der Waals surface area contributed by atoms with E-state index in [9.17, 15) is 5.11 Å². The molecule has 3 atom stereocenters. The molecule has 1 aromatic carbocycles. The molecule has 3 heteroatoms. The van der Waals surface area contributed by atoms with Gasteiger partial charge in [-0.15, -0.1) is 0 Å². The van der Waals surface area contributed by atoms with Gasteiger partial charge >= 0.3 is 0 Å². The number of hydrogen-bond donors (Lipinski definition) is 2. The molecule has 0 amide bonds. The van der Waals surface area contributed by atoms with E-state index >= 15 is 0 Å². The average Bonchev–Trinajstić information content (AvgIpc) is 2.46. The number of nitrogens with one attached hydrogen (secondary N) is 1. The quantitative estimate of drug-likeness (QED) is 0.860. The van der Waals surface area contributed by atoms with E-state index in [0.29, 0.717) is 6.61 Å². The fourth-order valence-electron chi connectivity index (χ4n) is 3.38. The van der Waals surface area contributed by atoms with Crippen molar-refractivity contribution >= 4 is 5.69 Å². The van der Waals surface area contributed by atoms with Crippen LogP contribution in [0.25, 0.3) is 0 Å². The Morgan fingerprint density at radius 3 is 3.11 bits per heavy atom. The van der Waals surface area contributed by atoms with Gasteiger partial charge in [0, 0.05) is 25.1 Å². The highest BCUT2D eigenvalue weighted by Gasteiger charge is 2.42. The van der Waals surface area contributed by atoms with E-state index in [-0.39, 0.29) is 12.1 Å². The molecule has 2 N–H and O–H groups in total. The van der Waals surface area contributed by atoms with Crippen molar-refractivity contribution in [2.24, 2.45) is 0 Å². The summed E-state index contributed by atoms with van der Waals surface area (Å²) in [5, 5.41) is 14.5. The van der Waals surface area contributed by atoms with Gasteiger partial charge < -0.3 is 15.2 Å². The fraction of sp³-hybridized carbons (Fsp3) is 0.625. The fourth-order valence-corrected chi connectivity index (χ4v) is 3.38. The Bertz CT molecular complexity index is 448. The Hall–Kier alpha value is -1.06. The van der Waals surface area contributed by atoms with Crippen molar-refractivity contribution in [2.75, 3.05) is 11.9 Å². The summed E-state index contributed by atoms with van der Waals surface area (Å²) >= 11 is 0. The largest absolute Gasteiger partial charge is 0.388 e. The van der Waals surface area contributed by atoms with Crippen LogP contribution in [0.5, 0.6) is 0 Å². The minimum absolute atomic E-state index is 0.153. The predicted molar refractivity (Wildman–Crippen MR) is 76.4 cm³/mol. The number of hydrogen-bond acceptors (Lipinski definition) is 3. The molecule has 1 saturated heterocycles. The number of benzene rings is 1. The molecule has 0 saturated carbocycles. The summed E-state index contributed by atoms with van der Waals surface area (Å²) in [4.78, 5) is 0. The third kappa shape index (κ3) is 2.49. The van der Waals surface area contributed by atoms with Crippen LogP contribution in [0, 0.1) is 0 Å². The molecule has 1 fully saturated rings. The lowest BCUT2D eigenvalue weighted by Crippen LogP contribution is -2.53. The zero-order chi connectivity index (χ0) is 13.3. The molecule has 3 rings (SSSR count). The molecular formula is C16H23NO2. The van der Waals surface area contributed by atoms with Gasteiger partial charge in [0.2, 0.25) is 0 Å². The van der Waals surface area contributed by atoms with E-state index in [1.165, 1.54) is 11.3 Å². The van der Waals surface area contributed by atoms with Crippen LogP contribution in [-0.4, -0.2) is 29.5 Å². The van der Waals surface area contributed by atoms with Gasteiger partial charge in [0.1, 0.15) is 0 Å². The van der Waals surface area contributed by atoms with Gasteiger partial charge in [-0.1, -0.05) is 25.1 Å². The first-order valence-corrected chi connectivity index (χ1v) is 7.40. The van der Waals surface area contributed by atoms with Crippen LogP contribution >= 0.6 is 0 Å². The van der Waals surface area contributed by atoms with Crippen LogP contribution in [0.4, 0.5) is 5.69 Å². The van der Waals surface area contributed by atoms with Crippen LogP contribution in [0.3, 0.4) is 0 Å². The van der Waals surface area contributed by atoms with Crippen molar-refractivity contribution in [2.45, 2.75) is 56.8 Å². The van der Waals surface area contributed by atoms with Crippen LogP contribution in [-0.2, 0) is 11.2 Å². The standard InChI is InChI=1S/C16H23NO2/c1-2-13-11-16(18,9-10-19-13)15-8-7-12-5-3-4-6-14(12)17-15/h3-6,13,15,17-18H,2,7-11H2,1H3. The Kier molecular flexibility index (Phi) is 3.50. The first-order chi connectivity index (χ1) is 9.21. The van der Waals surface area contributed by atoms with Gasteiger partial charge in [-0.2, -0.15) is 0 Å². The summed E-state index contributed by atoms with van der Waals surface area (Å²) in [6, 6.07) is 8.57. The zero-order valence-corrected chi connectivity index (χ0v) is 11.6. The molecule has 2 heterocycles. The van der Waals surface area contributed by atoms with Crippen molar-refractivity contribution in [3.05, 3.63) is 29.8 Å². The Morgan fingerprint density at radius 2 is 2.26 bits per heavy atom. The highest BCUT2D eigenvalue weighted by Crippen LogP contribution is 2.36. The summed E-state index contributed by atoms with van der Waals surface area (Å²) in [7, 11) is 0. The van der Waals surface area contributed by atoms with E-state index in [0.717, 1.165) is 32.1 Å². The second-order valence-corrected chi connectivity index (χ2v) is 5.85. The van der Waals surface area contributed by atoms with E-state index in [1.54, 1.807) is 0 Å². The van der Waals surface area contributed by atoms with Gasteiger partial charge in [-0.25, -0.2) is 0 Å². The zero-order valence-electron chi connectivity index (χ0n) is 11.6. The van der Waals surface area contributed by atoms with Crippen molar-refractivity contribution in [3.8, 4) is 0 Å². The number of aliphatic hydroxyl groups is 1. The lowest BCUT2D eigenvalue weighted by Gasteiger charge is -2.44. The monoisotopic (exact) mass is 261 g/mol. The molecular weight excluding hydrogens is 238 g/mol. The minimum atomic E-state index is -0.619. The number of para-hydroxylation sites is 1. The Balaban J connectivity index is 1.76. The van der Waals surface area contributed by atoms with Crippen molar-refractivity contribution in [1.82, 2.24) is 0 Å². The molecule has 3 unspecified atom stereocenters. The maximum Gasteiger partial charge on any atom is 0.0894 e. The van der Waals surface area contributed by atoms with Gasteiger partial charge in [0.05, 0.1) is 17.7 Å². The van der Waals surface area contributed by atoms with Gasteiger partial charge in [-0.3, -0.25) is 0 Å². The van der Waals surface area contributed by atoms with E-state index in [2.05, 4.69) is 36.5 Å². The third-order valence-electron chi connectivity index (χ3n) is 4.62. The molecule has 2 aliphatic rings. The van der Waals surface area contributed by atoms with Gasteiger partial charge in [-0.05, 0) is 30.9 Å². The smallest absolute Gasteiger partial charge is 0.0894 e. The first kappa shape index (κ1) is 12.9. The lowest BCUT2D eigenvalue weighted by molar-refractivity contribution is -0.113. The Labute approximate surface area is 115 Å². The maximum absolute atomic E-state index is 11.0. The Morgan fingerprint density at radius 1 is 1.42 bits per heavy atom. The summed E-state index contributed by atoms with van der Waals surface area (Å²) in [6.45, 7) is 2.80. The highest BCUT2D eigenvalue weighted by molar-refractivity contribution is 5.54. The van der Waals surface area contributed by atoms with E-state index < -0.39 is 5.60 Å². The SMILES string of the molecule is CCC1CC(O)(C2CCc3ccccc3N2)CCO1. The maximum atomic E-state index is 11.0. The lowest BCUT2D eigenvalue weighted by atomic mass is 9.78. The van der Waals surface area contributed by atoms with E-state index in [1.807, 2.05) is 0 Å². The third-order valence-corrected chi connectivity index (χ3v) is 4.62. The number of anilines is 1. The van der Waals surface area contributed by atoms with Gasteiger partial charge in [0.25, 0.3) is 0 Å². The van der Waals surface area contributed by atoms with Crippen molar-refractivity contribution in [3.63, 3.8) is 0 Å². The van der Waals surface area contributed by atoms with Crippen molar-refractivity contribution < 1.29 is 9.84 Å². The van der Waals surface area contributed by atoms with Gasteiger partial charge in [0.15, 0.2) is 0 Å². The predicted octanol–water partition coefficient (Wildman–Crippen LogP) is 2.73. The summed E-state index contributed by atoms with van der Waals surface area (Å²) in [5.74, 6) is 0. The molecule has 0 radical (unpaired) electrons. The van der Waals surface area contributed by atoms with Crippen LogP contribution in [0.15, 0.2) is 24.3 Å². The average molecular weight is 261 g/mol. The summed E-state index contributed by atoms with van der Waals surface area (Å²) in [6.07, 6.45) is 4.73. The number of rotatable bonds is 2. The van der Waals surface area contributed by atoms with Crippen LogP contribution in [0.1, 0.15) is 38.2 Å². The molecule has 0 aromatic heterocycles. The number of fused-ring (bicyclic) bond motifs is 1. The van der Waals surface area contributed by atoms with E-state index in [4.69, 9.17) is 4.74 Å². The normalized spacial score (nSPS) is 34.4. The van der Waals surface area contributed by atoms with Crippen LogP contribution < -0.4 is 5.32 Å². The topological polar surface area (TPSA) is 41.5 Å². The van der Waals surface area contributed by atoms with Crippen molar-refractivity contribution in [1.29, 1.82) is 0 Å².